The quantitative estimate of drug-likeness (QED) is 0.102. The van der Waals surface area contributed by atoms with Crippen molar-refractivity contribution in [3.05, 3.63) is 260 Å². The minimum absolute atomic E-state index is 0.947. The molecular formula is C57H50N4. The van der Waals surface area contributed by atoms with Gasteiger partial charge in [0.1, 0.15) is 0 Å². The van der Waals surface area contributed by atoms with Gasteiger partial charge in [0.25, 0.3) is 0 Å². The van der Waals surface area contributed by atoms with Gasteiger partial charge in [-0.1, -0.05) is 97.6 Å². The minimum atomic E-state index is 0.947. The lowest BCUT2D eigenvalue weighted by atomic mass is 10.1. The van der Waals surface area contributed by atoms with Crippen molar-refractivity contribution in [2.45, 2.75) is 20.8 Å². The van der Waals surface area contributed by atoms with E-state index in [1.807, 2.05) is 19.1 Å². The average molecular weight is 791 g/mol. The summed E-state index contributed by atoms with van der Waals surface area (Å²) in [6.45, 7) is 14.6. The summed E-state index contributed by atoms with van der Waals surface area (Å²) in [5.74, 6) is 0. The second-order valence-electron chi connectivity index (χ2n) is 15.2. The Hall–Kier alpha value is -7.82. The highest BCUT2D eigenvalue weighted by Crippen LogP contribution is 2.42. The monoisotopic (exact) mass is 790 g/mol. The van der Waals surface area contributed by atoms with E-state index in [-0.39, 0.29) is 0 Å². The average Bonchev–Trinajstić information content (AvgIpc) is 3.29. The van der Waals surface area contributed by atoms with E-state index in [2.05, 4.69) is 259 Å². The van der Waals surface area contributed by atoms with Gasteiger partial charge in [0.2, 0.25) is 0 Å². The number of rotatable bonds is 14. The summed E-state index contributed by atoms with van der Waals surface area (Å²) >= 11 is 0. The van der Waals surface area contributed by atoms with E-state index in [4.69, 9.17) is 0 Å². The van der Waals surface area contributed by atoms with Gasteiger partial charge in [-0.2, -0.15) is 0 Å². The van der Waals surface area contributed by atoms with E-state index in [1.54, 1.807) is 0 Å². The third-order valence-electron chi connectivity index (χ3n) is 10.5. The van der Waals surface area contributed by atoms with Crippen LogP contribution in [0.3, 0.4) is 0 Å². The van der Waals surface area contributed by atoms with Crippen LogP contribution in [0.25, 0.3) is 0 Å². The molecule has 0 aromatic heterocycles. The van der Waals surface area contributed by atoms with Gasteiger partial charge in [-0.25, -0.2) is 0 Å². The fourth-order valence-corrected chi connectivity index (χ4v) is 7.77. The summed E-state index contributed by atoms with van der Waals surface area (Å²) in [7, 11) is 0. The Morgan fingerprint density at radius 2 is 0.639 bits per heavy atom. The van der Waals surface area contributed by atoms with Crippen LogP contribution >= 0.6 is 0 Å². The van der Waals surface area contributed by atoms with Crippen LogP contribution in [0, 0.1) is 13.8 Å². The Morgan fingerprint density at radius 3 is 0.967 bits per heavy atom. The molecule has 0 aliphatic heterocycles. The number of aryl methyl sites for hydroxylation is 2. The molecule has 0 heterocycles. The predicted molar refractivity (Wildman–Crippen MR) is 262 cm³/mol. The summed E-state index contributed by atoms with van der Waals surface area (Å²) < 4.78 is 0. The second-order valence-corrected chi connectivity index (χ2v) is 15.2. The van der Waals surface area contributed by atoms with Crippen molar-refractivity contribution in [3.63, 3.8) is 0 Å². The van der Waals surface area contributed by atoms with Gasteiger partial charge in [0.15, 0.2) is 0 Å². The van der Waals surface area contributed by atoms with Gasteiger partial charge in [-0.05, 0) is 178 Å². The molecule has 0 fully saturated rings. The van der Waals surface area contributed by atoms with Crippen molar-refractivity contribution in [3.8, 4) is 0 Å². The zero-order valence-corrected chi connectivity index (χ0v) is 35.1. The molecule has 298 valence electrons. The summed E-state index contributed by atoms with van der Waals surface area (Å²) in [6, 6.07) is 75.2. The van der Waals surface area contributed by atoms with Crippen LogP contribution in [-0.4, -0.2) is 0 Å². The Morgan fingerprint density at radius 1 is 0.361 bits per heavy atom. The number of allylic oxidation sites excluding steroid dienone is 3. The highest BCUT2D eigenvalue weighted by molar-refractivity contribution is 5.84. The first-order valence-corrected chi connectivity index (χ1v) is 20.6. The van der Waals surface area contributed by atoms with Gasteiger partial charge in [-0.3, -0.25) is 0 Å². The van der Waals surface area contributed by atoms with E-state index in [1.165, 1.54) is 11.1 Å². The van der Waals surface area contributed by atoms with E-state index < -0.39 is 0 Å². The number of anilines is 11. The van der Waals surface area contributed by atoms with Crippen LogP contribution in [0.5, 0.6) is 0 Å². The topological polar surface area (TPSA) is 13.0 Å². The van der Waals surface area contributed by atoms with Crippen molar-refractivity contribution < 1.29 is 0 Å². The molecule has 8 rings (SSSR count). The van der Waals surface area contributed by atoms with Crippen LogP contribution in [0.4, 0.5) is 62.6 Å². The number of benzene rings is 8. The van der Waals surface area contributed by atoms with Gasteiger partial charge in [-0.15, -0.1) is 0 Å². The Bertz CT molecular complexity index is 2610. The zero-order valence-electron chi connectivity index (χ0n) is 35.1. The molecule has 0 atom stereocenters. The molecule has 0 saturated heterocycles. The van der Waals surface area contributed by atoms with Crippen molar-refractivity contribution in [1.82, 2.24) is 0 Å². The van der Waals surface area contributed by atoms with Crippen LogP contribution in [0.2, 0.25) is 0 Å². The third kappa shape index (κ3) is 9.10. The van der Waals surface area contributed by atoms with Crippen molar-refractivity contribution in [2.24, 2.45) is 0 Å². The highest BCUT2D eigenvalue weighted by Gasteiger charge is 2.19. The summed E-state index contributed by atoms with van der Waals surface area (Å²) in [5, 5.41) is 0. The SMILES string of the molecule is C=C/C(=C\C(=C)C)N(c1ccccc1)c1ccc(N(c2ccc(N(c3ccccc3)c3cccc(C)c3)cc2)c2ccc(N(c3ccccc3)c3cccc(C)c3)cc2)cc1. The van der Waals surface area contributed by atoms with Gasteiger partial charge < -0.3 is 19.6 Å². The molecule has 4 nitrogen and oxygen atoms in total. The summed E-state index contributed by atoms with van der Waals surface area (Å²) in [6.07, 6.45) is 3.95. The van der Waals surface area contributed by atoms with E-state index in [9.17, 15) is 0 Å². The van der Waals surface area contributed by atoms with Crippen molar-refractivity contribution in [1.29, 1.82) is 0 Å². The van der Waals surface area contributed by atoms with Crippen LogP contribution in [0.15, 0.2) is 249 Å². The molecule has 0 saturated carbocycles. The number of nitrogens with zero attached hydrogens (tertiary/aromatic N) is 4. The molecule has 8 aromatic carbocycles. The molecule has 0 N–H and O–H groups in total. The van der Waals surface area contributed by atoms with E-state index >= 15 is 0 Å². The Labute approximate surface area is 361 Å². The highest BCUT2D eigenvalue weighted by atomic mass is 15.2. The fraction of sp³-hybridized carbons (Fsp3) is 0.0526. The smallest absolute Gasteiger partial charge is 0.0464 e. The standard InChI is InChI=1S/C57H50N4/c1-6-46(40-43(2)3)58(47-20-10-7-11-21-47)50-28-30-51(31-29-50)59(52-32-36-54(37-33-52)60(48-22-12-8-13-23-48)56-26-16-18-44(4)41-56)53-34-38-55(39-35-53)61(49-24-14-9-15-25-49)57-27-17-19-45(5)42-57/h6-42H,1-2H2,3-5H3/b46-40+. The maximum atomic E-state index is 4.17. The van der Waals surface area contributed by atoms with Crippen LogP contribution in [0.1, 0.15) is 18.1 Å². The van der Waals surface area contributed by atoms with Crippen LogP contribution in [-0.2, 0) is 0 Å². The Kier molecular flexibility index (Phi) is 12.1. The molecule has 0 spiro atoms. The summed E-state index contributed by atoms with van der Waals surface area (Å²) in [5.41, 5.74) is 16.0. The lowest BCUT2D eigenvalue weighted by Gasteiger charge is -2.30. The van der Waals surface area contributed by atoms with Gasteiger partial charge in [0.05, 0.1) is 0 Å². The Balaban J connectivity index is 1.23. The molecule has 0 aliphatic carbocycles. The predicted octanol–water partition coefficient (Wildman–Crippen LogP) is 16.5. The van der Waals surface area contributed by atoms with Crippen molar-refractivity contribution in [2.75, 3.05) is 19.6 Å². The first-order chi connectivity index (χ1) is 29.9. The fourth-order valence-electron chi connectivity index (χ4n) is 7.77. The first kappa shape index (κ1) is 40.0. The lowest BCUT2D eigenvalue weighted by molar-refractivity contribution is 1.20. The third-order valence-corrected chi connectivity index (χ3v) is 10.5. The molecule has 0 amide bonds. The van der Waals surface area contributed by atoms with E-state index in [0.29, 0.717) is 0 Å². The second kappa shape index (κ2) is 18.4. The zero-order chi connectivity index (χ0) is 42.1. The molecule has 4 heteroatoms. The maximum Gasteiger partial charge on any atom is 0.0464 e. The van der Waals surface area contributed by atoms with Crippen molar-refractivity contribution >= 4 is 62.6 Å². The summed E-state index contributed by atoms with van der Waals surface area (Å²) in [4.78, 5) is 9.15. The number of hydrogen-bond acceptors (Lipinski definition) is 4. The number of para-hydroxylation sites is 3. The van der Waals surface area contributed by atoms with Crippen LogP contribution < -0.4 is 19.6 Å². The van der Waals surface area contributed by atoms with E-state index in [0.717, 1.165) is 73.8 Å². The molecular weight excluding hydrogens is 741 g/mol. The molecule has 0 bridgehead atoms. The van der Waals surface area contributed by atoms with Gasteiger partial charge in [0, 0.05) is 68.3 Å². The molecule has 61 heavy (non-hydrogen) atoms. The lowest BCUT2D eigenvalue weighted by Crippen LogP contribution is -2.16. The molecule has 0 unspecified atom stereocenters. The normalized spacial score (nSPS) is 11.1. The molecule has 0 aliphatic rings. The largest absolute Gasteiger partial charge is 0.311 e. The minimum Gasteiger partial charge on any atom is -0.311 e. The maximum absolute atomic E-state index is 4.17. The molecule has 8 aromatic rings. The van der Waals surface area contributed by atoms with Gasteiger partial charge >= 0.3 is 0 Å². The first-order valence-electron chi connectivity index (χ1n) is 20.6. The molecule has 0 radical (unpaired) electrons. The number of hydrogen-bond donors (Lipinski definition) is 0.